The van der Waals surface area contributed by atoms with E-state index in [0.29, 0.717) is 19.3 Å². The average molecular weight is 239 g/mol. The molecule has 0 aromatic carbocycles. The van der Waals surface area contributed by atoms with Crippen LogP contribution >= 0.6 is 0 Å². The first-order chi connectivity index (χ1) is 7.98. The molecule has 2 aliphatic rings. The van der Waals surface area contributed by atoms with Crippen molar-refractivity contribution in [2.24, 2.45) is 5.92 Å². The van der Waals surface area contributed by atoms with Crippen LogP contribution in [-0.4, -0.2) is 34.7 Å². The van der Waals surface area contributed by atoms with Crippen LogP contribution in [0.1, 0.15) is 26.2 Å². The SMILES string of the molecule is CC1(F)C=CC(N2CCC(C(=O)O)CC2)=CC1. The molecule has 1 heterocycles. The Morgan fingerprint density at radius 1 is 1.53 bits per heavy atom. The largest absolute Gasteiger partial charge is 0.481 e. The van der Waals surface area contributed by atoms with Crippen molar-refractivity contribution in [3.63, 3.8) is 0 Å². The molecule has 1 unspecified atom stereocenters. The standard InChI is InChI=1S/C13H18FNO2/c1-13(14)6-2-11(3-7-13)15-8-4-10(5-9-15)12(16)17/h2-3,6,10H,4-5,7-9H2,1H3,(H,16,17). The number of piperidine rings is 1. The number of carboxylic acid groups (broad SMARTS) is 1. The van der Waals surface area contributed by atoms with E-state index in [0.717, 1.165) is 18.8 Å². The summed E-state index contributed by atoms with van der Waals surface area (Å²) in [5, 5.41) is 8.91. The van der Waals surface area contributed by atoms with Gasteiger partial charge in [0.05, 0.1) is 5.92 Å². The monoisotopic (exact) mass is 239 g/mol. The Kier molecular flexibility index (Phi) is 3.22. The maximum absolute atomic E-state index is 13.6. The highest BCUT2D eigenvalue weighted by Gasteiger charge is 2.27. The van der Waals surface area contributed by atoms with E-state index >= 15 is 0 Å². The van der Waals surface area contributed by atoms with Crippen molar-refractivity contribution in [1.29, 1.82) is 0 Å². The average Bonchev–Trinajstić information content (AvgIpc) is 2.29. The molecule has 1 aliphatic carbocycles. The van der Waals surface area contributed by atoms with Crippen LogP contribution in [0.2, 0.25) is 0 Å². The van der Waals surface area contributed by atoms with Gasteiger partial charge in [-0.25, -0.2) is 4.39 Å². The maximum atomic E-state index is 13.6. The molecule has 0 spiro atoms. The summed E-state index contributed by atoms with van der Waals surface area (Å²) >= 11 is 0. The number of alkyl halides is 1. The van der Waals surface area contributed by atoms with Gasteiger partial charge in [-0.15, -0.1) is 0 Å². The van der Waals surface area contributed by atoms with E-state index in [9.17, 15) is 9.18 Å². The number of likely N-dealkylation sites (tertiary alicyclic amines) is 1. The third kappa shape index (κ3) is 2.87. The highest BCUT2D eigenvalue weighted by atomic mass is 19.1. The van der Waals surface area contributed by atoms with Crippen LogP contribution in [0.15, 0.2) is 23.9 Å². The van der Waals surface area contributed by atoms with Crippen LogP contribution in [0.4, 0.5) is 4.39 Å². The van der Waals surface area contributed by atoms with E-state index in [4.69, 9.17) is 5.11 Å². The topological polar surface area (TPSA) is 40.5 Å². The molecule has 1 saturated heterocycles. The van der Waals surface area contributed by atoms with Gasteiger partial charge in [0.1, 0.15) is 5.67 Å². The lowest BCUT2D eigenvalue weighted by molar-refractivity contribution is -0.143. The van der Waals surface area contributed by atoms with Gasteiger partial charge < -0.3 is 10.0 Å². The number of hydrogen-bond donors (Lipinski definition) is 1. The molecule has 3 nitrogen and oxygen atoms in total. The molecule has 17 heavy (non-hydrogen) atoms. The van der Waals surface area contributed by atoms with Gasteiger partial charge in [0.2, 0.25) is 0 Å². The number of halogens is 1. The summed E-state index contributed by atoms with van der Waals surface area (Å²) in [7, 11) is 0. The van der Waals surface area contributed by atoms with Gasteiger partial charge in [0, 0.05) is 25.2 Å². The molecule has 1 fully saturated rings. The van der Waals surface area contributed by atoms with Crippen LogP contribution in [0.5, 0.6) is 0 Å². The maximum Gasteiger partial charge on any atom is 0.306 e. The lowest BCUT2D eigenvalue weighted by atomic mass is 9.94. The molecule has 0 amide bonds. The zero-order chi connectivity index (χ0) is 12.5. The fraction of sp³-hybridized carbons (Fsp3) is 0.615. The second kappa shape index (κ2) is 4.51. The lowest BCUT2D eigenvalue weighted by Gasteiger charge is -2.34. The molecule has 0 bridgehead atoms. The molecule has 94 valence electrons. The lowest BCUT2D eigenvalue weighted by Crippen LogP contribution is -2.36. The molecule has 1 N–H and O–H groups in total. The third-order valence-electron chi connectivity index (χ3n) is 3.52. The predicted octanol–water partition coefficient (Wildman–Crippen LogP) is 2.36. The van der Waals surface area contributed by atoms with E-state index in [1.807, 2.05) is 12.2 Å². The zero-order valence-electron chi connectivity index (χ0n) is 10.0. The molecule has 1 aliphatic heterocycles. The van der Waals surface area contributed by atoms with Crippen molar-refractivity contribution >= 4 is 5.97 Å². The molecule has 0 aromatic heterocycles. The Hall–Kier alpha value is -1.32. The van der Waals surface area contributed by atoms with Gasteiger partial charge in [0.25, 0.3) is 0 Å². The third-order valence-corrected chi connectivity index (χ3v) is 3.52. The molecule has 1 atom stereocenters. The number of carbonyl (C=O) groups is 1. The van der Waals surface area contributed by atoms with Crippen molar-refractivity contribution in [1.82, 2.24) is 4.90 Å². The molecule has 4 heteroatoms. The number of rotatable bonds is 2. The van der Waals surface area contributed by atoms with Gasteiger partial charge in [0.15, 0.2) is 0 Å². The first kappa shape index (κ1) is 12.1. The van der Waals surface area contributed by atoms with Gasteiger partial charge >= 0.3 is 5.97 Å². The Morgan fingerprint density at radius 3 is 2.65 bits per heavy atom. The van der Waals surface area contributed by atoms with Gasteiger partial charge in [-0.3, -0.25) is 4.79 Å². The number of aliphatic carboxylic acids is 1. The molecule has 0 radical (unpaired) electrons. The van der Waals surface area contributed by atoms with Crippen LogP contribution in [0, 0.1) is 5.92 Å². The fourth-order valence-corrected chi connectivity index (χ4v) is 2.32. The molecule has 0 aromatic rings. The summed E-state index contributed by atoms with van der Waals surface area (Å²) < 4.78 is 13.6. The zero-order valence-corrected chi connectivity index (χ0v) is 10.0. The predicted molar refractivity (Wildman–Crippen MR) is 63.3 cm³/mol. The van der Waals surface area contributed by atoms with Crippen LogP contribution in [-0.2, 0) is 4.79 Å². The Bertz CT molecular complexity index is 366. The van der Waals surface area contributed by atoms with E-state index < -0.39 is 11.6 Å². The molecular weight excluding hydrogens is 221 g/mol. The van der Waals surface area contributed by atoms with Gasteiger partial charge in [-0.1, -0.05) is 6.08 Å². The Labute approximate surface area is 101 Å². The van der Waals surface area contributed by atoms with Crippen LogP contribution in [0.25, 0.3) is 0 Å². The van der Waals surface area contributed by atoms with Crippen LogP contribution in [0.3, 0.4) is 0 Å². The normalized spacial score (nSPS) is 30.2. The minimum atomic E-state index is -1.23. The van der Waals surface area contributed by atoms with Crippen LogP contribution < -0.4 is 0 Å². The first-order valence-corrected chi connectivity index (χ1v) is 6.04. The second-order valence-corrected chi connectivity index (χ2v) is 5.04. The van der Waals surface area contributed by atoms with E-state index in [1.54, 1.807) is 13.0 Å². The summed E-state index contributed by atoms with van der Waals surface area (Å²) in [6.07, 6.45) is 7.05. The highest BCUT2D eigenvalue weighted by Crippen LogP contribution is 2.28. The minimum Gasteiger partial charge on any atom is -0.481 e. The molecule has 2 rings (SSSR count). The fourth-order valence-electron chi connectivity index (χ4n) is 2.32. The Morgan fingerprint density at radius 2 is 2.18 bits per heavy atom. The number of nitrogens with zero attached hydrogens (tertiary/aromatic N) is 1. The smallest absolute Gasteiger partial charge is 0.306 e. The summed E-state index contributed by atoms with van der Waals surface area (Å²) in [6, 6.07) is 0. The number of hydrogen-bond acceptors (Lipinski definition) is 2. The minimum absolute atomic E-state index is 0.217. The van der Waals surface area contributed by atoms with E-state index in [2.05, 4.69) is 4.90 Å². The Balaban J connectivity index is 1.92. The van der Waals surface area contributed by atoms with Crippen molar-refractivity contribution in [3.05, 3.63) is 23.9 Å². The van der Waals surface area contributed by atoms with Crippen molar-refractivity contribution < 1.29 is 14.3 Å². The van der Waals surface area contributed by atoms with Crippen molar-refractivity contribution in [2.75, 3.05) is 13.1 Å². The van der Waals surface area contributed by atoms with Gasteiger partial charge in [-0.05, 0) is 31.9 Å². The van der Waals surface area contributed by atoms with E-state index in [1.165, 1.54) is 0 Å². The summed E-state index contributed by atoms with van der Waals surface area (Å²) in [5.41, 5.74) is -0.202. The van der Waals surface area contributed by atoms with Crippen molar-refractivity contribution in [2.45, 2.75) is 31.9 Å². The number of allylic oxidation sites excluding steroid dienone is 3. The highest BCUT2D eigenvalue weighted by molar-refractivity contribution is 5.70. The summed E-state index contributed by atoms with van der Waals surface area (Å²) in [4.78, 5) is 13.0. The van der Waals surface area contributed by atoms with Gasteiger partial charge in [-0.2, -0.15) is 0 Å². The number of carboxylic acids is 1. The van der Waals surface area contributed by atoms with E-state index in [-0.39, 0.29) is 5.92 Å². The quantitative estimate of drug-likeness (QED) is 0.804. The van der Waals surface area contributed by atoms with Crippen molar-refractivity contribution in [3.8, 4) is 0 Å². The second-order valence-electron chi connectivity index (χ2n) is 5.04. The molecule has 0 saturated carbocycles. The summed E-state index contributed by atoms with van der Waals surface area (Å²) in [6.45, 7) is 3.06. The first-order valence-electron chi connectivity index (χ1n) is 6.04. The molecular formula is C13H18FNO2. The summed E-state index contributed by atoms with van der Waals surface area (Å²) in [5.74, 6) is -0.917.